The van der Waals surface area contributed by atoms with Crippen molar-refractivity contribution < 1.29 is 19.2 Å². The number of carbonyl (C=O) groups is 2. The lowest BCUT2D eigenvalue weighted by Gasteiger charge is -2.19. The minimum absolute atomic E-state index is 0.110. The van der Waals surface area contributed by atoms with E-state index in [4.69, 9.17) is 10.5 Å². The molecule has 1 unspecified atom stereocenters. The topological polar surface area (TPSA) is 125 Å². The van der Waals surface area contributed by atoms with E-state index in [1.165, 1.54) is 13.0 Å². The molecule has 20 heavy (non-hydrogen) atoms. The fraction of sp³-hybridized carbons (Fsp3) is 0.333. The predicted octanol–water partition coefficient (Wildman–Crippen LogP) is 0.950. The Hall–Kier alpha value is -2.64. The molecule has 0 fully saturated rings. The number of carbonyl (C=O) groups excluding carboxylic acids is 2. The van der Waals surface area contributed by atoms with Gasteiger partial charge in [0.25, 0.3) is 5.69 Å². The molecule has 0 radical (unpaired) electrons. The summed E-state index contributed by atoms with van der Waals surface area (Å²) in [5.74, 6) is -1.31. The van der Waals surface area contributed by atoms with Crippen molar-refractivity contribution in [3.8, 4) is 0 Å². The number of hydrogen-bond acceptors (Lipinski definition) is 6. The molecule has 0 aliphatic carbocycles. The number of nitro benzene ring substituents is 1. The number of anilines is 2. The number of benzene rings is 1. The number of nitrogen functional groups attached to an aromatic ring is 1. The molecule has 1 atom stereocenters. The van der Waals surface area contributed by atoms with Gasteiger partial charge in [-0.1, -0.05) is 0 Å². The van der Waals surface area contributed by atoms with E-state index >= 15 is 0 Å². The number of nitrogens with two attached hydrogens (primary N) is 1. The summed E-state index contributed by atoms with van der Waals surface area (Å²) in [5.41, 5.74) is 4.10. The zero-order valence-electron chi connectivity index (χ0n) is 10.9. The normalized spacial score (nSPS) is 20.2. The summed E-state index contributed by atoms with van der Waals surface area (Å²) in [7, 11) is 0. The Labute approximate surface area is 114 Å². The van der Waals surface area contributed by atoms with Gasteiger partial charge in [0.05, 0.1) is 17.2 Å². The van der Waals surface area contributed by atoms with Gasteiger partial charge in [-0.2, -0.15) is 0 Å². The van der Waals surface area contributed by atoms with Crippen LogP contribution in [-0.4, -0.2) is 23.4 Å². The Balaban J connectivity index is 2.59. The van der Waals surface area contributed by atoms with Gasteiger partial charge in [0.2, 0.25) is 5.91 Å². The summed E-state index contributed by atoms with van der Waals surface area (Å²) in [4.78, 5) is 34.2. The number of esters is 1. The molecule has 8 nitrogen and oxygen atoms in total. The SMILES string of the molecule is CCOC(=O)C1(C)C(=O)Nc2cc([N+](=O)[O-])c(N)cc21. The minimum atomic E-state index is -1.55. The van der Waals surface area contributed by atoms with Gasteiger partial charge >= 0.3 is 5.97 Å². The van der Waals surface area contributed by atoms with Crippen molar-refractivity contribution in [1.29, 1.82) is 0 Å². The molecule has 8 heteroatoms. The zero-order valence-corrected chi connectivity index (χ0v) is 10.9. The van der Waals surface area contributed by atoms with Gasteiger partial charge in [-0.3, -0.25) is 19.7 Å². The van der Waals surface area contributed by atoms with Crippen LogP contribution in [0.25, 0.3) is 0 Å². The summed E-state index contributed by atoms with van der Waals surface area (Å²) in [6.07, 6.45) is 0. The van der Waals surface area contributed by atoms with Gasteiger partial charge in [0, 0.05) is 11.6 Å². The first kappa shape index (κ1) is 13.8. The molecule has 1 aromatic carbocycles. The van der Waals surface area contributed by atoms with E-state index < -0.39 is 22.2 Å². The van der Waals surface area contributed by atoms with Crippen molar-refractivity contribution >= 4 is 28.9 Å². The Morgan fingerprint density at radius 2 is 2.20 bits per heavy atom. The highest BCUT2D eigenvalue weighted by Gasteiger charge is 2.51. The van der Waals surface area contributed by atoms with Crippen molar-refractivity contribution in [3.05, 3.63) is 27.8 Å². The Morgan fingerprint density at radius 3 is 2.75 bits per heavy atom. The van der Waals surface area contributed by atoms with Crippen LogP contribution in [0.1, 0.15) is 19.4 Å². The maximum atomic E-state index is 12.0. The molecule has 2 rings (SSSR count). The third-order valence-electron chi connectivity index (χ3n) is 3.29. The number of ether oxygens (including phenoxy) is 1. The van der Waals surface area contributed by atoms with Gasteiger partial charge in [-0.25, -0.2) is 0 Å². The average molecular weight is 279 g/mol. The smallest absolute Gasteiger partial charge is 0.326 e. The quantitative estimate of drug-likeness (QED) is 0.279. The molecular formula is C12H13N3O5. The highest BCUT2D eigenvalue weighted by atomic mass is 16.6. The summed E-state index contributed by atoms with van der Waals surface area (Å²) in [5, 5.41) is 13.3. The third kappa shape index (κ3) is 1.77. The summed E-state index contributed by atoms with van der Waals surface area (Å²) < 4.78 is 4.90. The Bertz CT molecular complexity index is 628. The van der Waals surface area contributed by atoms with Crippen LogP contribution >= 0.6 is 0 Å². The summed E-state index contributed by atoms with van der Waals surface area (Å²) in [6.45, 7) is 3.15. The van der Waals surface area contributed by atoms with Crippen LogP contribution < -0.4 is 11.1 Å². The van der Waals surface area contributed by atoms with Crippen molar-refractivity contribution in [1.82, 2.24) is 0 Å². The molecule has 3 N–H and O–H groups in total. The molecule has 1 aromatic rings. The van der Waals surface area contributed by atoms with Crippen LogP contribution in [0.5, 0.6) is 0 Å². The fourth-order valence-corrected chi connectivity index (χ4v) is 2.13. The van der Waals surface area contributed by atoms with Crippen molar-refractivity contribution in [2.24, 2.45) is 0 Å². The lowest BCUT2D eigenvalue weighted by Crippen LogP contribution is -2.40. The molecular weight excluding hydrogens is 266 g/mol. The number of rotatable bonds is 3. The van der Waals surface area contributed by atoms with E-state index in [2.05, 4.69) is 5.32 Å². The molecule has 1 amide bonds. The molecule has 1 aliphatic rings. The molecule has 0 bridgehead atoms. The molecule has 0 saturated carbocycles. The van der Waals surface area contributed by atoms with E-state index in [9.17, 15) is 19.7 Å². The standard InChI is InChI=1S/C12H13N3O5/c1-3-20-11(17)12(2)6-4-7(13)9(15(18)19)5-8(6)14-10(12)16/h4-5H,3,13H2,1-2H3,(H,14,16). The van der Waals surface area contributed by atoms with E-state index in [0.29, 0.717) is 0 Å². The molecule has 0 spiro atoms. The summed E-state index contributed by atoms with van der Waals surface area (Å²) in [6, 6.07) is 2.41. The number of fused-ring (bicyclic) bond motifs is 1. The Kier molecular flexibility index (Phi) is 3.09. The van der Waals surface area contributed by atoms with Crippen LogP contribution in [0.15, 0.2) is 12.1 Å². The second-order valence-corrected chi connectivity index (χ2v) is 4.51. The minimum Gasteiger partial charge on any atom is -0.465 e. The lowest BCUT2D eigenvalue weighted by molar-refractivity contribution is -0.383. The first-order chi connectivity index (χ1) is 9.32. The van der Waals surface area contributed by atoms with Crippen molar-refractivity contribution in [2.45, 2.75) is 19.3 Å². The number of amides is 1. The number of nitro groups is 1. The molecule has 106 valence electrons. The predicted molar refractivity (Wildman–Crippen MR) is 70.1 cm³/mol. The number of hydrogen-bond donors (Lipinski definition) is 2. The lowest BCUT2D eigenvalue weighted by atomic mass is 9.83. The highest BCUT2D eigenvalue weighted by Crippen LogP contribution is 2.42. The van der Waals surface area contributed by atoms with Crippen LogP contribution in [0.3, 0.4) is 0 Å². The van der Waals surface area contributed by atoms with Gasteiger partial charge < -0.3 is 15.8 Å². The second-order valence-electron chi connectivity index (χ2n) is 4.51. The Morgan fingerprint density at radius 1 is 1.55 bits per heavy atom. The van der Waals surface area contributed by atoms with Crippen LogP contribution in [-0.2, 0) is 19.7 Å². The third-order valence-corrected chi connectivity index (χ3v) is 3.29. The van der Waals surface area contributed by atoms with E-state index in [-0.39, 0.29) is 29.2 Å². The first-order valence-corrected chi connectivity index (χ1v) is 5.89. The van der Waals surface area contributed by atoms with Crippen LogP contribution in [0, 0.1) is 10.1 Å². The summed E-state index contributed by atoms with van der Waals surface area (Å²) >= 11 is 0. The molecule has 0 aromatic heterocycles. The van der Waals surface area contributed by atoms with Crippen LogP contribution in [0.4, 0.5) is 17.1 Å². The first-order valence-electron chi connectivity index (χ1n) is 5.89. The number of nitrogens with one attached hydrogen (secondary N) is 1. The monoisotopic (exact) mass is 279 g/mol. The average Bonchev–Trinajstić information content (AvgIpc) is 2.62. The van der Waals surface area contributed by atoms with Gasteiger partial charge in [-0.05, 0) is 19.9 Å². The maximum absolute atomic E-state index is 12.0. The van der Waals surface area contributed by atoms with Gasteiger partial charge in [0.15, 0.2) is 5.41 Å². The molecule has 1 aliphatic heterocycles. The van der Waals surface area contributed by atoms with Crippen molar-refractivity contribution in [2.75, 3.05) is 17.7 Å². The molecule has 0 saturated heterocycles. The van der Waals surface area contributed by atoms with Gasteiger partial charge in [-0.15, -0.1) is 0 Å². The van der Waals surface area contributed by atoms with Crippen molar-refractivity contribution in [3.63, 3.8) is 0 Å². The van der Waals surface area contributed by atoms with E-state index in [1.54, 1.807) is 6.92 Å². The molecule has 1 heterocycles. The maximum Gasteiger partial charge on any atom is 0.326 e. The largest absolute Gasteiger partial charge is 0.465 e. The highest BCUT2D eigenvalue weighted by molar-refractivity contribution is 6.19. The zero-order chi connectivity index (χ0) is 15.1. The van der Waals surface area contributed by atoms with E-state index in [0.717, 1.165) is 6.07 Å². The number of nitrogens with zero attached hydrogens (tertiary/aromatic N) is 1. The fourth-order valence-electron chi connectivity index (χ4n) is 2.13. The van der Waals surface area contributed by atoms with Crippen LogP contribution in [0.2, 0.25) is 0 Å². The van der Waals surface area contributed by atoms with Gasteiger partial charge in [0.1, 0.15) is 5.69 Å². The second kappa shape index (κ2) is 4.48. The van der Waals surface area contributed by atoms with E-state index in [1.807, 2.05) is 0 Å².